The van der Waals surface area contributed by atoms with Crippen LogP contribution in [0.15, 0.2) is 28.9 Å². The van der Waals surface area contributed by atoms with Crippen molar-refractivity contribution in [3.8, 4) is 5.69 Å². The van der Waals surface area contributed by atoms with Crippen LogP contribution in [0.1, 0.15) is 0 Å². The fourth-order valence-electron chi connectivity index (χ4n) is 1.88. The maximum atomic E-state index is 13.5. The number of imidazole rings is 1. The van der Waals surface area contributed by atoms with Crippen LogP contribution in [0.5, 0.6) is 0 Å². The molecule has 0 spiro atoms. The second-order valence-corrected chi connectivity index (χ2v) is 6.13. The lowest BCUT2D eigenvalue weighted by molar-refractivity contribution is 0.628. The molecule has 8 heteroatoms. The molecule has 0 atom stereocenters. The number of aromatic nitrogens is 3. The van der Waals surface area contributed by atoms with Gasteiger partial charge in [-0.15, -0.1) is 0 Å². The summed E-state index contributed by atoms with van der Waals surface area (Å²) in [5.74, 6) is -0.654. The lowest BCUT2D eigenvalue weighted by Gasteiger charge is -2.06. The normalized spacial score (nSPS) is 11.2. The van der Waals surface area contributed by atoms with Crippen molar-refractivity contribution in [1.82, 2.24) is 14.5 Å². The Kier molecular flexibility index (Phi) is 3.58. The Morgan fingerprint density at radius 3 is 2.55 bits per heavy atom. The highest BCUT2D eigenvalue weighted by Gasteiger charge is 2.13. The summed E-state index contributed by atoms with van der Waals surface area (Å²) in [7, 11) is 0. The van der Waals surface area contributed by atoms with Crippen LogP contribution < -0.4 is 0 Å². The van der Waals surface area contributed by atoms with Gasteiger partial charge < -0.3 is 4.98 Å². The minimum absolute atomic E-state index is 0.0686. The van der Waals surface area contributed by atoms with E-state index in [9.17, 15) is 4.39 Å². The summed E-state index contributed by atoms with van der Waals surface area (Å²) in [5.41, 5.74) is 1.91. The van der Waals surface area contributed by atoms with E-state index in [0.29, 0.717) is 16.1 Å². The molecule has 2 heterocycles. The van der Waals surface area contributed by atoms with Gasteiger partial charge in [0.05, 0.1) is 21.2 Å². The van der Waals surface area contributed by atoms with E-state index in [4.69, 9.17) is 35.4 Å². The van der Waals surface area contributed by atoms with Crippen molar-refractivity contribution in [3.63, 3.8) is 0 Å². The number of hydrogen-bond acceptors (Lipinski definition) is 2. The first kappa shape index (κ1) is 14.0. The van der Waals surface area contributed by atoms with Crippen LogP contribution in [0.25, 0.3) is 16.9 Å². The molecule has 0 fully saturated rings. The quantitative estimate of drug-likeness (QED) is 0.450. The number of aromatic amines is 1. The number of hydrogen-bond donors (Lipinski definition) is 1. The summed E-state index contributed by atoms with van der Waals surface area (Å²) in [6.45, 7) is 0. The van der Waals surface area contributed by atoms with E-state index in [-0.39, 0.29) is 10.0 Å². The fraction of sp³-hybridized carbons (Fsp3) is 0. The average molecular weight is 393 g/mol. The van der Waals surface area contributed by atoms with Crippen molar-refractivity contribution in [2.24, 2.45) is 0 Å². The predicted molar refractivity (Wildman–Crippen MR) is 83.9 cm³/mol. The molecule has 1 N–H and O–H groups in total. The SMILES string of the molecule is Fc1c(Cl)cc(-n2c(=S)[nH]c3cc(Br)cnc32)cc1Cl. The molecule has 3 aromatic rings. The molecule has 102 valence electrons. The number of benzene rings is 1. The van der Waals surface area contributed by atoms with Gasteiger partial charge in [-0.25, -0.2) is 9.37 Å². The van der Waals surface area contributed by atoms with E-state index in [0.717, 1.165) is 9.99 Å². The Morgan fingerprint density at radius 2 is 1.90 bits per heavy atom. The number of fused-ring (bicyclic) bond motifs is 1. The summed E-state index contributed by atoms with van der Waals surface area (Å²) in [5, 5.41) is -0.137. The minimum Gasteiger partial charge on any atom is -0.329 e. The van der Waals surface area contributed by atoms with Crippen molar-refractivity contribution in [1.29, 1.82) is 0 Å². The van der Waals surface area contributed by atoms with E-state index in [2.05, 4.69) is 25.9 Å². The van der Waals surface area contributed by atoms with Gasteiger partial charge in [0.1, 0.15) is 0 Å². The van der Waals surface area contributed by atoms with Gasteiger partial charge in [0, 0.05) is 10.7 Å². The van der Waals surface area contributed by atoms with Gasteiger partial charge in [-0.1, -0.05) is 23.2 Å². The monoisotopic (exact) mass is 391 g/mol. The molecule has 0 saturated carbocycles. The first-order chi connectivity index (χ1) is 9.47. The minimum atomic E-state index is -0.654. The van der Waals surface area contributed by atoms with Gasteiger partial charge in [0.2, 0.25) is 0 Å². The number of nitrogens with zero attached hydrogens (tertiary/aromatic N) is 2. The highest BCUT2D eigenvalue weighted by atomic mass is 79.9. The lowest BCUT2D eigenvalue weighted by atomic mass is 10.3. The second kappa shape index (κ2) is 5.11. The third-order valence-corrected chi connectivity index (χ3v) is 3.98. The standard InChI is InChI=1S/C12H5BrCl2FN3S/c13-5-1-9-11(17-4-5)19(12(20)18-9)6-2-7(14)10(16)8(15)3-6/h1-4H,(H,18,20). The number of halogens is 4. The molecule has 0 aliphatic carbocycles. The van der Waals surface area contributed by atoms with E-state index >= 15 is 0 Å². The third-order valence-electron chi connectivity index (χ3n) is 2.72. The zero-order chi connectivity index (χ0) is 14.4. The summed E-state index contributed by atoms with van der Waals surface area (Å²) < 4.78 is 16.4. The third kappa shape index (κ3) is 2.26. The second-order valence-electron chi connectivity index (χ2n) is 4.01. The Labute approximate surface area is 136 Å². The Morgan fingerprint density at radius 1 is 1.25 bits per heavy atom. The number of nitrogens with one attached hydrogen (secondary N) is 1. The van der Waals surface area contributed by atoms with Crippen LogP contribution >= 0.6 is 51.3 Å². The molecular weight excluding hydrogens is 388 g/mol. The molecule has 20 heavy (non-hydrogen) atoms. The summed E-state index contributed by atoms with van der Waals surface area (Å²) >= 11 is 20.2. The highest BCUT2D eigenvalue weighted by Crippen LogP contribution is 2.28. The molecule has 3 rings (SSSR count). The maximum absolute atomic E-state index is 13.5. The molecule has 0 amide bonds. The van der Waals surface area contributed by atoms with Crippen molar-refractivity contribution >= 4 is 62.5 Å². The van der Waals surface area contributed by atoms with Crippen LogP contribution in [0.2, 0.25) is 10.0 Å². The molecule has 2 aromatic heterocycles. The lowest BCUT2D eigenvalue weighted by Crippen LogP contribution is -1.97. The van der Waals surface area contributed by atoms with Gasteiger partial charge in [0.25, 0.3) is 0 Å². The smallest absolute Gasteiger partial charge is 0.184 e. The Bertz CT molecular complexity index is 867. The first-order valence-electron chi connectivity index (χ1n) is 5.38. The van der Waals surface area contributed by atoms with Gasteiger partial charge in [-0.3, -0.25) is 4.57 Å². The van der Waals surface area contributed by atoms with E-state index in [1.165, 1.54) is 12.1 Å². The molecule has 1 aromatic carbocycles. The fourth-order valence-corrected chi connectivity index (χ4v) is 2.99. The zero-order valence-electron chi connectivity index (χ0n) is 9.62. The van der Waals surface area contributed by atoms with Crippen molar-refractivity contribution in [2.75, 3.05) is 0 Å². The largest absolute Gasteiger partial charge is 0.329 e. The van der Waals surface area contributed by atoms with Crippen molar-refractivity contribution in [3.05, 3.63) is 49.5 Å². The highest BCUT2D eigenvalue weighted by molar-refractivity contribution is 9.10. The van der Waals surface area contributed by atoms with Gasteiger partial charge in [0.15, 0.2) is 16.2 Å². The van der Waals surface area contributed by atoms with E-state index in [1.807, 2.05) is 6.07 Å². The van der Waals surface area contributed by atoms with Crippen LogP contribution in [0.3, 0.4) is 0 Å². The zero-order valence-corrected chi connectivity index (χ0v) is 13.5. The van der Waals surface area contributed by atoms with E-state index < -0.39 is 5.82 Å². The molecule has 3 nitrogen and oxygen atoms in total. The van der Waals surface area contributed by atoms with Crippen LogP contribution in [-0.2, 0) is 0 Å². The number of rotatable bonds is 1. The van der Waals surface area contributed by atoms with Crippen molar-refractivity contribution in [2.45, 2.75) is 0 Å². The molecule has 0 saturated heterocycles. The number of H-pyrrole nitrogens is 1. The molecule has 0 bridgehead atoms. The van der Waals surface area contributed by atoms with Crippen LogP contribution in [0.4, 0.5) is 4.39 Å². The van der Waals surface area contributed by atoms with Crippen molar-refractivity contribution < 1.29 is 4.39 Å². The van der Waals surface area contributed by atoms with E-state index in [1.54, 1.807) is 10.8 Å². The molecule has 0 aliphatic rings. The van der Waals surface area contributed by atoms with Gasteiger partial charge in [-0.05, 0) is 46.3 Å². The Balaban J connectivity index is 2.35. The summed E-state index contributed by atoms with van der Waals surface area (Å²) in [4.78, 5) is 7.32. The summed E-state index contributed by atoms with van der Waals surface area (Å²) in [6, 6.07) is 4.76. The average Bonchev–Trinajstić information content (AvgIpc) is 2.70. The number of pyridine rings is 1. The molecule has 0 radical (unpaired) electrons. The van der Waals surface area contributed by atoms with Gasteiger partial charge in [-0.2, -0.15) is 0 Å². The molecule has 0 unspecified atom stereocenters. The Hall–Kier alpha value is -0.950. The van der Waals surface area contributed by atoms with Crippen LogP contribution in [0, 0.1) is 10.6 Å². The maximum Gasteiger partial charge on any atom is 0.184 e. The molecular formula is C12H5BrCl2FN3S. The predicted octanol–water partition coefficient (Wildman–Crippen LogP) is 5.29. The summed E-state index contributed by atoms with van der Waals surface area (Å²) in [6.07, 6.45) is 1.65. The molecule has 0 aliphatic heterocycles. The van der Waals surface area contributed by atoms with Gasteiger partial charge >= 0.3 is 0 Å². The first-order valence-corrected chi connectivity index (χ1v) is 7.34. The topological polar surface area (TPSA) is 33.6 Å². The van der Waals surface area contributed by atoms with Crippen LogP contribution in [-0.4, -0.2) is 14.5 Å².